The number of carbonyl (C=O) groups is 2. The van der Waals surface area contributed by atoms with Crippen LogP contribution in [0.3, 0.4) is 0 Å². The first-order chi connectivity index (χ1) is 13.4. The van der Waals surface area contributed by atoms with Gasteiger partial charge in [-0.05, 0) is 30.7 Å². The Labute approximate surface area is 164 Å². The van der Waals surface area contributed by atoms with Crippen molar-refractivity contribution in [3.8, 4) is 0 Å². The number of nitrogens with one attached hydrogen (secondary N) is 2. The summed E-state index contributed by atoms with van der Waals surface area (Å²) in [6, 6.07) is 14.6. The van der Waals surface area contributed by atoms with Gasteiger partial charge in [0.1, 0.15) is 5.82 Å². The molecule has 1 saturated heterocycles. The standard InChI is InChI=1S/C20H21N3O4S/c1-15(24)22-17-8-10-18(11-9-17)28(26,27)23-13-5-12-21-20(23)14-19(25)16-6-3-2-4-7-16/h2-4,6-11,14,21H,5,12-13H2,1H3,(H,22,24)/b20-14+. The summed E-state index contributed by atoms with van der Waals surface area (Å²) in [5.41, 5.74) is 0.998. The van der Waals surface area contributed by atoms with Gasteiger partial charge in [-0.25, -0.2) is 8.42 Å². The predicted molar refractivity (Wildman–Crippen MR) is 106 cm³/mol. The van der Waals surface area contributed by atoms with Gasteiger partial charge in [-0.1, -0.05) is 30.3 Å². The topological polar surface area (TPSA) is 95.6 Å². The fourth-order valence-electron chi connectivity index (χ4n) is 2.87. The maximum Gasteiger partial charge on any atom is 0.265 e. The second kappa shape index (κ2) is 8.26. The number of nitrogens with zero attached hydrogens (tertiary/aromatic N) is 1. The van der Waals surface area contributed by atoms with Crippen LogP contribution < -0.4 is 10.6 Å². The molecule has 0 aromatic heterocycles. The average molecular weight is 399 g/mol. The summed E-state index contributed by atoms with van der Waals surface area (Å²) < 4.78 is 27.4. The lowest BCUT2D eigenvalue weighted by atomic mass is 10.1. The number of allylic oxidation sites excluding steroid dienone is 1. The van der Waals surface area contributed by atoms with E-state index in [1.54, 1.807) is 24.3 Å². The van der Waals surface area contributed by atoms with E-state index in [0.717, 1.165) is 0 Å². The van der Waals surface area contributed by atoms with Crippen LogP contribution >= 0.6 is 0 Å². The van der Waals surface area contributed by atoms with Crippen molar-refractivity contribution in [1.82, 2.24) is 9.62 Å². The SMILES string of the molecule is CC(=O)Nc1ccc(S(=O)(=O)N2CCCN/C2=C\C(=O)c2ccccc2)cc1. The number of anilines is 1. The third-order valence-corrected chi connectivity index (χ3v) is 6.03. The molecule has 3 rings (SSSR count). The molecule has 0 unspecified atom stereocenters. The molecule has 28 heavy (non-hydrogen) atoms. The van der Waals surface area contributed by atoms with Crippen LogP contribution in [0, 0.1) is 0 Å². The fraction of sp³-hybridized carbons (Fsp3) is 0.200. The van der Waals surface area contributed by atoms with Crippen LogP contribution in [-0.4, -0.2) is 37.5 Å². The second-order valence-corrected chi connectivity index (χ2v) is 8.19. The van der Waals surface area contributed by atoms with E-state index < -0.39 is 10.0 Å². The van der Waals surface area contributed by atoms with Crippen molar-refractivity contribution in [2.24, 2.45) is 0 Å². The molecule has 0 aliphatic carbocycles. The number of ketones is 1. The average Bonchev–Trinajstić information content (AvgIpc) is 2.69. The molecule has 8 heteroatoms. The number of amides is 1. The Morgan fingerprint density at radius 3 is 2.39 bits per heavy atom. The molecule has 2 N–H and O–H groups in total. The Balaban J connectivity index is 1.89. The summed E-state index contributed by atoms with van der Waals surface area (Å²) in [7, 11) is -3.85. The Morgan fingerprint density at radius 2 is 1.75 bits per heavy atom. The van der Waals surface area contributed by atoms with Crippen molar-refractivity contribution in [2.45, 2.75) is 18.2 Å². The quantitative estimate of drug-likeness (QED) is 0.594. The molecule has 1 fully saturated rings. The van der Waals surface area contributed by atoms with Crippen LogP contribution in [0.15, 0.2) is 71.4 Å². The van der Waals surface area contributed by atoms with Gasteiger partial charge < -0.3 is 10.6 Å². The molecule has 1 aliphatic rings. The van der Waals surface area contributed by atoms with Gasteiger partial charge in [-0.15, -0.1) is 0 Å². The van der Waals surface area contributed by atoms with E-state index in [-0.39, 0.29) is 29.0 Å². The number of hydrogen-bond donors (Lipinski definition) is 2. The van der Waals surface area contributed by atoms with E-state index in [0.29, 0.717) is 24.2 Å². The van der Waals surface area contributed by atoms with E-state index in [1.807, 2.05) is 6.07 Å². The lowest BCUT2D eigenvalue weighted by Gasteiger charge is -2.31. The van der Waals surface area contributed by atoms with Crippen LogP contribution in [0.2, 0.25) is 0 Å². The highest BCUT2D eigenvalue weighted by atomic mass is 32.2. The summed E-state index contributed by atoms with van der Waals surface area (Å²) in [6.45, 7) is 2.24. The van der Waals surface area contributed by atoms with Crippen LogP contribution in [0.4, 0.5) is 5.69 Å². The van der Waals surface area contributed by atoms with Gasteiger partial charge >= 0.3 is 0 Å². The van der Waals surface area contributed by atoms with Crippen molar-refractivity contribution in [1.29, 1.82) is 0 Å². The zero-order valence-corrected chi connectivity index (χ0v) is 16.2. The summed E-state index contributed by atoms with van der Waals surface area (Å²) in [6.07, 6.45) is 1.94. The Bertz CT molecular complexity index is 1000. The van der Waals surface area contributed by atoms with E-state index in [9.17, 15) is 18.0 Å². The molecule has 2 aromatic carbocycles. The minimum absolute atomic E-state index is 0.0864. The molecule has 146 valence electrons. The Morgan fingerprint density at radius 1 is 1.07 bits per heavy atom. The summed E-state index contributed by atoms with van der Waals surface area (Å²) in [4.78, 5) is 23.7. The maximum absolute atomic E-state index is 13.1. The molecule has 1 amide bonds. The zero-order chi connectivity index (χ0) is 20.1. The fourth-order valence-corrected chi connectivity index (χ4v) is 4.35. The van der Waals surface area contributed by atoms with Gasteiger partial charge in [-0.3, -0.25) is 13.9 Å². The van der Waals surface area contributed by atoms with Gasteiger partial charge in [0.2, 0.25) is 5.91 Å². The smallest absolute Gasteiger partial charge is 0.265 e. The van der Waals surface area contributed by atoms with Crippen molar-refractivity contribution in [2.75, 3.05) is 18.4 Å². The maximum atomic E-state index is 13.1. The molecule has 0 saturated carbocycles. The van der Waals surface area contributed by atoms with E-state index in [1.165, 1.54) is 41.6 Å². The van der Waals surface area contributed by atoms with Gasteiger partial charge in [0.25, 0.3) is 10.0 Å². The third-order valence-electron chi connectivity index (χ3n) is 4.20. The molecule has 1 heterocycles. The monoisotopic (exact) mass is 399 g/mol. The molecular formula is C20H21N3O4S. The number of sulfonamides is 1. The predicted octanol–water partition coefficient (Wildman–Crippen LogP) is 2.35. The first kappa shape index (κ1) is 19.6. The van der Waals surface area contributed by atoms with E-state index >= 15 is 0 Å². The van der Waals surface area contributed by atoms with E-state index in [4.69, 9.17) is 0 Å². The summed E-state index contributed by atoms with van der Waals surface area (Å²) >= 11 is 0. The normalized spacial score (nSPS) is 15.8. The minimum Gasteiger partial charge on any atom is -0.371 e. The van der Waals surface area contributed by atoms with Crippen molar-refractivity contribution in [3.63, 3.8) is 0 Å². The molecule has 0 radical (unpaired) electrons. The molecule has 7 nitrogen and oxygen atoms in total. The minimum atomic E-state index is -3.85. The highest BCUT2D eigenvalue weighted by Crippen LogP contribution is 2.23. The van der Waals surface area contributed by atoms with Crippen molar-refractivity contribution >= 4 is 27.4 Å². The van der Waals surface area contributed by atoms with Gasteiger partial charge in [0.15, 0.2) is 5.78 Å². The molecule has 0 atom stereocenters. The highest BCUT2D eigenvalue weighted by molar-refractivity contribution is 7.89. The molecule has 2 aromatic rings. The van der Waals surface area contributed by atoms with Gasteiger partial charge in [0.05, 0.1) is 4.90 Å². The first-order valence-corrected chi connectivity index (χ1v) is 10.3. The largest absolute Gasteiger partial charge is 0.371 e. The van der Waals surface area contributed by atoms with E-state index in [2.05, 4.69) is 10.6 Å². The van der Waals surface area contributed by atoms with Crippen LogP contribution in [0.1, 0.15) is 23.7 Å². The summed E-state index contributed by atoms with van der Waals surface area (Å²) in [5, 5.41) is 5.61. The molecule has 0 bridgehead atoms. The number of carbonyl (C=O) groups excluding carboxylic acids is 2. The number of hydrogen-bond acceptors (Lipinski definition) is 5. The molecular weight excluding hydrogens is 378 g/mol. The first-order valence-electron chi connectivity index (χ1n) is 8.83. The second-order valence-electron chi connectivity index (χ2n) is 6.32. The molecule has 1 aliphatic heterocycles. The van der Waals surface area contributed by atoms with Crippen molar-refractivity contribution in [3.05, 3.63) is 72.1 Å². The summed E-state index contributed by atoms with van der Waals surface area (Å²) in [5.74, 6) is -0.252. The highest BCUT2D eigenvalue weighted by Gasteiger charge is 2.29. The lowest BCUT2D eigenvalue weighted by molar-refractivity contribution is -0.114. The zero-order valence-electron chi connectivity index (χ0n) is 15.4. The Kier molecular flexibility index (Phi) is 5.79. The molecule has 0 spiro atoms. The Hall–Kier alpha value is -3.13. The third kappa shape index (κ3) is 4.40. The van der Waals surface area contributed by atoms with Crippen LogP contribution in [-0.2, 0) is 14.8 Å². The van der Waals surface area contributed by atoms with Gasteiger partial charge in [0, 0.05) is 37.3 Å². The van der Waals surface area contributed by atoms with Crippen LogP contribution in [0.25, 0.3) is 0 Å². The number of benzene rings is 2. The van der Waals surface area contributed by atoms with Crippen molar-refractivity contribution < 1.29 is 18.0 Å². The lowest BCUT2D eigenvalue weighted by Crippen LogP contribution is -2.43. The van der Waals surface area contributed by atoms with Crippen LogP contribution in [0.5, 0.6) is 0 Å². The van der Waals surface area contributed by atoms with Gasteiger partial charge in [-0.2, -0.15) is 0 Å². The number of rotatable bonds is 5.